The van der Waals surface area contributed by atoms with Crippen LogP contribution in [0.25, 0.3) is 0 Å². The van der Waals surface area contributed by atoms with Gasteiger partial charge in [-0.05, 0) is 12.0 Å². The van der Waals surface area contributed by atoms with E-state index in [4.69, 9.17) is 10.8 Å². The van der Waals surface area contributed by atoms with Gasteiger partial charge in [0, 0.05) is 0 Å². The number of rotatable bonds is 5. The van der Waals surface area contributed by atoms with Crippen LogP contribution in [0.5, 0.6) is 0 Å². The molecule has 0 aliphatic heterocycles. The summed E-state index contributed by atoms with van der Waals surface area (Å²) in [5.74, 6) is -2.97. The standard InChI is InChI=1S/C13H13N3O4/c14-10(6-9-4-2-1-3-5-9)13(20)16-7-11(17)15-8-12(18)19/h1-5,7-8,10H,6,14H2,(H,18,19)/t10-/m1/s1. The maximum absolute atomic E-state index is 11.5. The molecule has 1 aromatic rings. The van der Waals surface area contributed by atoms with Crippen LogP contribution in [0.4, 0.5) is 0 Å². The number of carboxylic acid groups (broad SMARTS) is 1. The minimum absolute atomic E-state index is 0.295. The van der Waals surface area contributed by atoms with E-state index in [2.05, 4.69) is 9.98 Å². The van der Waals surface area contributed by atoms with E-state index in [-0.39, 0.29) is 0 Å². The SMILES string of the molecule is N[C@H](Cc1ccccc1)C(=O)N=CC(=O)N=CC(=O)O. The van der Waals surface area contributed by atoms with E-state index in [0.29, 0.717) is 18.9 Å². The number of nitrogens with two attached hydrogens (primary N) is 1. The molecule has 0 fully saturated rings. The van der Waals surface area contributed by atoms with Crippen molar-refractivity contribution in [2.24, 2.45) is 15.7 Å². The Morgan fingerprint density at radius 1 is 1.15 bits per heavy atom. The van der Waals surface area contributed by atoms with Crippen LogP contribution in [-0.4, -0.2) is 41.4 Å². The lowest BCUT2D eigenvalue weighted by Crippen LogP contribution is -2.31. The van der Waals surface area contributed by atoms with E-state index in [9.17, 15) is 14.4 Å². The van der Waals surface area contributed by atoms with Crippen LogP contribution < -0.4 is 5.73 Å². The molecule has 0 saturated heterocycles. The lowest BCUT2D eigenvalue weighted by atomic mass is 10.1. The molecule has 2 amide bonds. The zero-order chi connectivity index (χ0) is 15.0. The number of carbonyl (C=O) groups excluding carboxylic acids is 2. The Hall–Kier alpha value is -2.67. The monoisotopic (exact) mass is 275 g/mol. The number of hydrogen-bond acceptors (Lipinski definition) is 4. The van der Waals surface area contributed by atoms with Crippen LogP contribution in [0, 0.1) is 0 Å². The van der Waals surface area contributed by atoms with E-state index < -0.39 is 23.8 Å². The average molecular weight is 275 g/mol. The number of carboxylic acids is 1. The lowest BCUT2D eigenvalue weighted by molar-refractivity contribution is -0.129. The molecule has 0 radical (unpaired) electrons. The first-order chi connectivity index (χ1) is 9.49. The molecule has 104 valence electrons. The predicted octanol–water partition coefficient (Wildman–Crippen LogP) is -0.164. The Bertz CT molecular complexity index is 552. The van der Waals surface area contributed by atoms with Crippen LogP contribution in [0.1, 0.15) is 5.56 Å². The Morgan fingerprint density at radius 3 is 2.40 bits per heavy atom. The van der Waals surface area contributed by atoms with Gasteiger partial charge in [-0.3, -0.25) is 9.59 Å². The molecule has 1 aromatic carbocycles. The number of aliphatic imine (C=N–C) groups is 2. The molecular formula is C13H13N3O4. The fourth-order valence-corrected chi connectivity index (χ4v) is 1.32. The number of hydrogen-bond donors (Lipinski definition) is 2. The van der Waals surface area contributed by atoms with Gasteiger partial charge in [0.2, 0.25) is 0 Å². The summed E-state index contributed by atoms with van der Waals surface area (Å²) in [6, 6.07) is 8.25. The lowest BCUT2D eigenvalue weighted by Gasteiger charge is -2.06. The van der Waals surface area contributed by atoms with E-state index in [1.54, 1.807) is 0 Å². The van der Waals surface area contributed by atoms with Crippen LogP contribution in [0.15, 0.2) is 40.3 Å². The molecule has 0 aliphatic rings. The Labute approximate surface area is 114 Å². The first-order valence-electron chi connectivity index (χ1n) is 5.67. The Balaban J connectivity index is 2.53. The van der Waals surface area contributed by atoms with Crippen LogP contribution in [-0.2, 0) is 20.8 Å². The molecule has 0 bridgehead atoms. The molecule has 1 atom stereocenters. The van der Waals surface area contributed by atoms with Gasteiger partial charge in [-0.1, -0.05) is 30.3 Å². The van der Waals surface area contributed by atoms with Gasteiger partial charge < -0.3 is 10.8 Å². The summed E-state index contributed by atoms with van der Waals surface area (Å²) >= 11 is 0. The van der Waals surface area contributed by atoms with Crippen molar-refractivity contribution in [2.45, 2.75) is 12.5 Å². The van der Waals surface area contributed by atoms with E-state index in [1.807, 2.05) is 30.3 Å². The van der Waals surface area contributed by atoms with Gasteiger partial charge in [-0.25, -0.2) is 14.8 Å². The molecule has 7 heteroatoms. The predicted molar refractivity (Wildman–Crippen MR) is 72.8 cm³/mol. The molecule has 3 N–H and O–H groups in total. The van der Waals surface area contributed by atoms with Crippen molar-refractivity contribution >= 4 is 30.2 Å². The second-order valence-corrected chi connectivity index (χ2v) is 3.83. The quantitative estimate of drug-likeness (QED) is 0.723. The highest BCUT2D eigenvalue weighted by Gasteiger charge is 2.12. The zero-order valence-electron chi connectivity index (χ0n) is 10.5. The van der Waals surface area contributed by atoms with Crippen molar-refractivity contribution in [2.75, 3.05) is 0 Å². The largest absolute Gasteiger partial charge is 0.477 e. The summed E-state index contributed by atoms with van der Waals surface area (Å²) in [5, 5.41) is 8.26. The molecule has 0 spiro atoms. The van der Waals surface area contributed by atoms with Gasteiger partial charge in [0.05, 0.1) is 12.3 Å². The van der Waals surface area contributed by atoms with Gasteiger partial charge in [-0.15, -0.1) is 0 Å². The van der Waals surface area contributed by atoms with Gasteiger partial charge in [0.1, 0.15) is 6.21 Å². The van der Waals surface area contributed by atoms with Crippen molar-refractivity contribution < 1.29 is 19.5 Å². The van der Waals surface area contributed by atoms with Crippen LogP contribution >= 0.6 is 0 Å². The van der Waals surface area contributed by atoms with Gasteiger partial charge in [0.25, 0.3) is 11.8 Å². The zero-order valence-corrected chi connectivity index (χ0v) is 10.5. The third kappa shape index (κ3) is 5.78. The van der Waals surface area contributed by atoms with Crippen molar-refractivity contribution in [3.8, 4) is 0 Å². The van der Waals surface area contributed by atoms with E-state index in [0.717, 1.165) is 5.56 Å². The smallest absolute Gasteiger partial charge is 0.347 e. The highest BCUT2D eigenvalue weighted by atomic mass is 16.4. The molecule has 0 aromatic heterocycles. The fraction of sp³-hybridized carbons (Fsp3) is 0.154. The van der Waals surface area contributed by atoms with Gasteiger partial charge in [-0.2, -0.15) is 0 Å². The molecule has 1 rings (SSSR count). The first-order valence-corrected chi connectivity index (χ1v) is 5.67. The second kappa shape index (κ2) is 7.70. The van der Waals surface area contributed by atoms with Crippen molar-refractivity contribution in [3.63, 3.8) is 0 Å². The Kier molecular flexibility index (Phi) is 5.92. The summed E-state index contributed by atoms with van der Waals surface area (Å²) in [4.78, 5) is 39.1. The molecule has 0 saturated carbocycles. The van der Waals surface area contributed by atoms with Gasteiger partial charge in [0.15, 0.2) is 0 Å². The third-order valence-electron chi connectivity index (χ3n) is 2.22. The summed E-state index contributed by atoms with van der Waals surface area (Å²) in [6.45, 7) is 0. The third-order valence-corrected chi connectivity index (χ3v) is 2.22. The van der Waals surface area contributed by atoms with E-state index >= 15 is 0 Å². The topological polar surface area (TPSA) is 122 Å². The minimum Gasteiger partial charge on any atom is -0.477 e. The Morgan fingerprint density at radius 2 is 1.80 bits per heavy atom. The highest BCUT2D eigenvalue weighted by molar-refractivity contribution is 6.34. The number of carbonyl (C=O) groups is 3. The fourth-order valence-electron chi connectivity index (χ4n) is 1.32. The molecule has 0 heterocycles. The van der Waals surface area contributed by atoms with Gasteiger partial charge >= 0.3 is 5.97 Å². The average Bonchev–Trinajstić information content (AvgIpc) is 2.43. The molecule has 0 aliphatic carbocycles. The number of nitrogens with zero attached hydrogens (tertiary/aromatic N) is 2. The molecule has 20 heavy (non-hydrogen) atoms. The highest BCUT2D eigenvalue weighted by Crippen LogP contribution is 2.02. The second-order valence-electron chi connectivity index (χ2n) is 3.83. The molecule has 0 unspecified atom stereocenters. The van der Waals surface area contributed by atoms with Crippen LogP contribution in [0.3, 0.4) is 0 Å². The normalized spacial score (nSPS) is 12.7. The maximum Gasteiger partial charge on any atom is 0.347 e. The maximum atomic E-state index is 11.5. The number of amides is 2. The summed E-state index contributed by atoms with van der Waals surface area (Å²) in [5.41, 5.74) is 6.52. The molecule has 7 nitrogen and oxygen atoms in total. The minimum atomic E-state index is -1.36. The van der Waals surface area contributed by atoms with Crippen LogP contribution in [0.2, 0.25) is 0 Å². The molecular weight excluding hydrogens is 262 g/mol. The first kappa shape index (κ1) is 15.4. The van der Waals surface area contributed by atoms with Crippen molar-refractivity contribution in [1.82, 2.24) is 0 Å². The van der Waals surface area contributed by atoms with Crippen molar-refractivity contribution in [3.05, 3.63) is 35.9 Å². The summed E-state index contributed by atoms with van der Waals surface area (Å²) in [7, 11) is 0. The summed E-state index contributed by atoms with van der Waals surface area (Å²) < 4.78 is 0. The van der Waals surface area contributed by atoms with E-state index in [1.165, 1.54) is 0 Å². The summed E-state index contributed by atoms with van der Waals surface area (Å²) in [6.07, 6.45) is 1.36. The number of aliphatic carboxylic acids is 1. The van der Waals surface area contributed by atoms with Crippen molar-refractivity contribution in [1.29, 1.82) is 0 Å². The number of benzene rings is 1.